The first kappa shape index (κ1) is 16.5. The molecule has 2 rings (SSSR count). The van der Waals surface area contributed by atoms with E-state index in [1.807, 2.05) is 21.8 Å². The molecule has 1 saturated heterocycles. The Bertz CT molecular complexity index is 473. The predicted molar refractivity (Wildman–Crippen MR) is 82.1 cm³/mol. The van der Waals surface area contributed by atoms with Crippen LogP contribution in [0.4, 0.5) is 0 Å². The Balaban J connectivity index is 1.80. The number of aryl methyl sites for hydroxylation is 1. The minimum Gasteiger partial charge on any atom is -0.466 e. The van der Waals surface area contributed by atoms with Gasteiger partial charge < -0.3 is 9.64 Å². The largest absolute Gasteiger partial charge is 0.466 e. The highest BCUT2D eigenvalue weighted by Gasteiger charge is 2.28. The van der Waals surface area contributed by atoms with Crippen LogP contribution in [-0.4, -0.2) is 45.8 Å². The maximum atomic E-state index is 12.4. The molecule has 2 heterocycles. The Kier molecular flexibility index (Phi) is 6.43. The highest BCUT2D eigenvalue weighted by molar-refractivity contribution is 5.78. The van der Waals surface area contributed by atoms with Crippen LogP contribution in [0, 0.1) is 0 Å². The quantitative estimate of drug-likeness (QED) is 0.723. The van der Waals surface area contributed by atoms with Crippen LogP contribution < -0.4 is 0 Å². The average Bonchev–Trinajstić information content (AvgIpc) is 3.01. The maximum absolute atomic E-state index is 12.4. The van der Waals surface area contributed by atoms with E-state index >= 15 is 0 Å². The minimum absolute atomic E-state index is 0.00463. The van der Waals surface area contributed by atoms with Crippen molar-refractivity contribution < 1.29 is 14.3 Å². The zero-order valence-corrected chi connectivity index (χ0v) is 13.2. The second-order valence-corrected chi connectivity index (χ2v) is 5.62. The molecule has 0 aliphatic carbocycles. The molecule has 1 aliphatic rings. The summed E-state index contributed by atoms with van der Waals surface area (Å²) in [6.07, 6.45) is 8.20. The Morgan fingerprint density at radius 3 is 2.95 bits per heavy atom. The summed E-state index contributed by atoms with van der Waals surface area (Å²) in [5.41, 5.74) is 0. The monoisotopic (exact) mass is 307 g/mol. The third kappa shape index (κ3) is 4.86. The van der Waals surface area contributed by atoms with Crippen molar-refractivity contribution >= 4 is 11.9 Å². The molecule has 0 N–H and O–H groups in total. The molecule has 0 bridgehead atoms. The van der Waals surface area contributed by atoms with Gasteiger partial charge in [-0.25, -0.2) is 0 Å². The fraction of sp³-hybridized carbons (Fsp3) is 0.688. The number of rotatable bonds is 7. The van der Waals surface area contributed by atoms with Crippen LogP contribution in [0.5, 0.6) is 0 Å². The number of ether oxygens (including phenoxy) is 1. The van der Waals surface area contributed by atoms with E-state index in [0.717, 1.165) is 38.8 Å². The summed E-state index contributed by atoms with van der Waals surface area (Å²) in [6, 6.07) is 1.88. The van der Waals surface area contributed by atoms with E-state index in [0.29, 0.717) is 19.4 Å². The molecular formula is C16H25N3O3. The standard InChI is InChI=1S/C16H25N3O3/c1-2-22-16(21)13-14-7-3-4-12-19(14)15(20)8-5-10-18-11-6-9-17-18/h6,9,11,14H,2-5,7-8,10,12-13H2,1H3. The summed E-state index contributed by atoms with van der Waals surface area (Å²) in [5, 5.41) is 4.13. The van der Waals surface area contributed by atoms with Gasteiger partial charge in [-0.05, 0) is 38.7 Å². The van der Waals surface area contributed by atoms with Crippen molar-refractivity contribution in [1.82, 2.24) is 14.7 Å². The number of esters is 1. The van der Waals surface area contributed by atoms with Crippen molar-refractivity contribution in [2.45, 2.75) is 58.0 Å². The SMILES string of the molecule is CCOC(=O)CC1CCCCN1C(=O)CCCn1cccn1. The summed E-state index contributed by atoms with van der Waals surface area (Å²) in [4.78, 5) is 26.0. The molecule has 22 heavy (non-hydrogen) atoms. The lowest BCUT2D eigenvalue weighted by atomic mass is 9.98. The highest BCUT2D eigenvalue weighted by atomic mass is 16.5. The molecule has 1 aromatic heterocycles. The topological polar surface area (TPSA) is 64.4 Å². The second kappa shape index (κ2) is 8.56. The molecule has 1 aromatic rings. The summed E-state index contributed by atoms with van der Waals surface area (Å²) in [6.45, 7) is 3.69. The molecule has 6 nitrogen and oxygen atoms in total. The number of nitrogens with zero attached hydrogens (tertiary/aromatic N) is 3. The normalized spacial score (nSPS) is 18.2. The first-order valence-corrected chi connectivity index (χ1v) is 8.13. The smallest absolute Gasteiger partial charge is 0.307 e. The van der Waals surface area contributed by atoms with Crippen LogP contribution in [0.15, 0.2) is 18.5 Å². The number of hydrogen-bond donors (Lipinski definition) is 0. The van der Waals surface area contributed by atoms with Crippen molar-refractivity contribution in [3.05, 3.63) is 18.5 Å². The third-order valence-electron chi connectivity index (χ3n) is 3.99. The number of piperidine rings is 1. The molecule has 1 unspecified atom stereocenters. The Morgan fingerprint density at radius 2 is 2.23 bits per heavy atom. The van der Waals surface area contributed by atoms with Crippen molar-refractivity contribution in [2.75, 3.05) is 13.2 Å². The first-order chi connectivity index (χ1) is 10.7. The number of hydrogen-bond acceptors (Lipinski definition) is 4. The van der Waals surface area contributed by atoms with E-state index in [1.54, 1.807) is 13.1 Å². The van der Waals surface area contributed by atoms with Crippen LogP contribution in [0.1, 0.15) is 45.4 Å². The molecule has 0 aromatic carbocycles. The zero-order chi connectivity index (χ0) is 15.8. The molecular weight excluding hydrogens is 282 g/mol. The van der Waals surface area contributed by atoms with Gasteiger partial charge in [-0.15, -0.1) is 0 Å². The molecule has 0 saturated carbocycles. The molecule has 122 valence electrons. The molecule has 0 radical (unpaired) electrons. The second-order valence-electron chi connectivity index (χ2n) is 5.62. The maximum Gasteiger partial charge on any atom is 0.307 e. The van der Waals surface area contributed by atoms with Gasteiger partial charge in [0.25, 0.3) is 0 Å². The number of amides is 1. The average molecular weight is 307 g/mol. The number of carbonyl (C=O) groups is 2. The Labute approximate surface area is 131 Å². The molecule has 6 heteroatoms. The van der Waals surface area contributed by atoms with Gasteiger partial charge in [0.15, 0.2) is 0 Å². The van der Waals surface area contributed by atoms with Gasteiger partial charge in [0.2, 0.25) is 5.91 Å². The summed E-state index contributed by atoms with van der Waals surface area (Å²) >= 11 is 0. The Morgan fingerprint density at radius 1 is 1.36 bits per heavy atom. The fourth-order valence-electron chi connectivity index (χ4n) is 2.92. The molecule has 1 amide bonds. The van der Waals surface area contributed by atoms with Gasteiger partial charge in [-0.2, -0.15) is 5.10 Å². The van der Waals surface area contributed by atoms with Gasteiger partial charge in [0.05, 0.1) is 13.0 Å². The van der Waals surface area contributed by atoms with Crippen LogP contribution in [0.25, 0.3) is 0 Å². The van der Waals surface area contributed by atoms with E-state index in [2.05, 4.69) is 5.10 Å². The van der Waals surface area contributed by atoms with Crippen LogP contribution in [0.2, 0.25) is 0 Å². The molecule has 1 fully saturated rings. The third-order valence-corrected chi connectivity index (χ3v) is 3.99. The first-order valence-electron chi connectivity index (χ1n) is 8.13. The minimum atomic E-state index is -0.205. The summed E-state index contributed by atoms with van der Waals surface area (Å²) in [5.74, 6) is -0.0649. The van der Waals surface area contributed by atoms with Crippen LogP contribution >= 0.6 is 0 Å². The van der Waals surface area contributed by atoms with Gasteiger partial charge in [0, 0.05) is 37.9 Å². The lowest BCUT2D eigenvalue weighted by Crippen LogP contribution is -2.44. The number of likely N-dealkylation sites (tertiary alicyclic amines) is 1. The van der Waals surface area contributed by atoms with Gasteiger partial charge in [0.1, 0.15) is 0 Å². The van der Waals surface area contributed by atoms with Crippen LogP contribution in [0.3, 0.4) is 0 Å². The molecule has 0 spiro atoms. The van der Waals surface area contributed by atoms with E-state index in [4.69, 9.17) is 4.74 Å². The van der Waals surface area contributed by atoms with E-state index in [-0.39, 0.29) is 17.9 Å². The molecule has 1 aliphatic heterocycles. The zero-order valence-electron chi connectivity index (χ0n) is 13.2. The van der Waals surface area contributed by atoms with Crippen molar-refractivity contribution in [3.63, 3.8) is 0 Å². The van der Waals surface area contributed by atoms with Crippen molar-refractivity contribution in [1.29, 1.82) is 0 Å². The van der Waals surface area contributed by atoms with Gasteiger partial charge >= 0.3 is 5.97 Å². The van der Waals surface area contributed by atoms with Crippen LogP contribution in [-0.2, 0) is 20.9 Å². The van der Waals surface area contributed by atoms with Gasteiger partial charge in [-0.3, -0.25) is 14.3 Å². The molecule has 1 atom stereocenters. The highest BCUT2D eigenvalue weighted by Crippen LogP contribution is 2.21. The summed E-state index contributed by atoms with van der Waals surface area (Å²) < 4.78 is 6.85. The van der Waals surface area contributed by atoms with Crippen molar-refractivity contribution in [2.24, 2.45) is 0 Å². The Hall–Kier alpha value is -1.85. The van der Waals surface area contributed by atoms with E-state index in [9.17, 15) is 9.59 Å². The lowest BCUT2D eigenvalue weighted by Gasteiger charge is -2.35. The van der Waals surface area contributed by atoms with Gasteiger partial charge in [-0.1, -0.05) is 0 Å². The predicted octanol–water partition coefficient (Wildman–Crippen LogP) is 2.00. The summed E-state index contributed by atoms with van der Waals surface area (Å²) in [7, 11) is 0. The number of carbonyl (C=O) groups excluding carboxylic acids is 2. The van der Waals surface area contributed by atoms with Crippen molar-refractivity contribution in [3.8, 4) is 0 Å². The van der Waals surface area contributed by atoms with E-state index in [1.165, 1.54) is 0 Å². The lowest BCUT2D eigenvalue weighted by molar-refractivity contribution is -0.146. The van der Waals surface area contributed by atoms with E-state index < -0.39 is 0 Å². The fourth-order valence-corrected chi connectivity index (χ4v) is 2.92. The number of aromatic nitrogens is 2.